The minimum absolute atomic E-state index is 0.261. The van der Waals surface area contributed by atoms with E-state index >= 15 is 0 Å². The van der Waals surface area contributed by atoms with Gasteiger partial charge in [-0.05, 0) is 55.7 Å². The van der Waals surface area contributed by atoms with E-state index in [1.165, 1.54) is 12.0 Å². The Balaban J connectivity index is 1.91. The summed E-state index contributed by atoms with van der Waals surface area (Å²) in [5.41, 5.74) is 0.674. The van der Waals surface area contributed by atoms with Gasteiger partial charge in [-0.2, -0.15) is 0 Å². The van der Waals surface area contributed by atoms with Gasteiger partial charge in [0.25, 0.3) is 0 Å². The average molecular weight is 310 g/mol. The molecule has 0 heterocycles. The van der Waals surface area contributed by atoms with Crippen LogP contribution in [0.5, 0.6) is 0 Å². The number of hydrogen-bond acceptors (Lipinski definition) is 2. The molecule has 1 aliphatic carbocycles. The van der Waals surface area contributed by atoms with Crippen LogP contribution in [0.15, 0.2) is 24.3 Å². The number of nitrogens with one attached hydrogen (secondary N) is 1. The molecule has 1 saturated carbocycles. The fourth-order valence-electron chi connectivity index (χ4n) is 3.33. The zero-order valence-corrected chi connectivity index (χ0v) is 14.0. The molecule has 0 spiro atoms. The maximum absolute atomic E-state index is 10.7. The maximum Gasteiger partial charge on any atom is 0.0772 e. The van der Waals surface area contributed by atoms with Crippen LogP contribution in [0.1, 0.15) is 64.0 Å². The molecule has 118 valence electrons. The SMILES string of the molecule is CCC1CCC(O)(CNC(CC)c2cccc(Cl)c2)CC1. The largest absolute Gasteiger partial charge is 0.389 e. The predicted octanol–water partition coefficient (Wildman–Crippen LogP) is 4.71. The minimum atomic E-state index is -0.530. The van der Waals surface area contributed by atoms with Crippen LogP contribution in [-0.4, -0.2) is 17.3 Å². The normalized spacial score (nSPS) is 27.5. The van der Waals surface area contributed by atoms with Crippen LogP contribution < -0.4 is 5.32 Å². The summed E-state index contributed by atoms with van der Waals surface area (Å²) < 4.78 is 0. The lowest BCUT2D eigenvalue weighted by Gasteiger charge is -2.37. The molecule has 3 heteroatoms. The van der Waals surface area contributed by atoms with Crippen molar-refractivity contribution in [2.24, 2.45) is 5.92 Å². The first-order chi connectivity index (χ1) is 10.1. The standard InChI is InChI=1S/C18H28ClNO/c1-3-14-8-10-18(21,11-9-14)13-20-17(4-2)15-6-5-7-16(19)12-15/h5-7,12,14,17,20-21H,3-4,8-11,13H2,1-2H3. The van der Waals surface area contributed by atoms with Crippen LogP contribution in [0.3, 0.4) is 0 Å². The molecule has 1 aromatic rings. The molecule has 1 atom stereocenters. The second kappa shape index (κ2) is 7.62. The lowest BCUT2D eigenvalue weighted by Crippen LogP contribution is -2.44. The van der Waals surface area contributed by atoms with Gasteiger partial charge in [-0.1, -0.05) is 44.0 Å². The summed E-state index contributed by atoms with van der Waals surface area (Å²) in [7, 11) is 0. The van der Waals surface area contributed by atoms with Crippen molar-refractivity contribution in [2.75, 3.05) is 6.54 Å². The van der Waals surface area contributed by atoms with Crippen molar-refractivity contribution < 1.29 is 5.11 Å². The minimum Gasteiger partial charge on any atom is -0.389 e. The van der Waals surface area contributed by atoms with Crippen molar-refractivity contribution in [1.29, 1.82) is 0 Å². The fraction of sp³-hybridized carbons (Fsp3) is 0.667. The number of halogens is 1. The van der Waals surface area contributed by atoms with Crippen LogP contribution in [0.25, 0.3) is 0 Å². The molecule has 1 fully saturated rings. The number of benzene rings is 1. The Bertz CT molecular complexity index is 441. The van der Waals surface area contributed by atoms with Gasteiger partial charge in [0.15, 0.2) is 0 Å². The number of aliphatic hydroxyl groups is 1. The second-order valence-corrected chi connectivity index (χ2v) is 6.91. The van der Waals surface area contributed by atoms with E-state index in [-0.39, 0.29) is 6.04 Å². The Morgan fingerprint density at radius 1 is 1.33 bits per heavy atom. The molecule has 2 nitrogen and oxygen atoms in total. The van der Waals surface area contributed by atoms with Gasteiger partial charge in [0, 0.05) is 17.6 Å². The van der Waals surface area contributed by atoms with Gasteiger partial charge in [-0.25, -0.2) is 0 Å². The van der Waals surface area contributed by atoms with Crippen molar-refractivity contribution in [1.82, 2.24) is 5.32 Å². The third kappa shape index (κ3) is 4.70. The monoisotopic (exact) mass is 309 g/mol. The molecule has 1 aromatic carbocycles. The Morgan fingerprint density at radius 3 is 2.62 bits per heavy atom. The smallest absolute Gasteiger partial charge is 0.0772 e. The summed E-state index contributed by atoms with van der Waals surface area (Å²) in [6.45, 7) is 5.09. The molecule has 0 radical (unpaired) electrons. The molecule has 1 aliphatic rings. The van der Waals surface area contributed by atoms with Crippen molar-refractivity contribution in [2.45, 2.75) is 64.0 Å². The highest BCUT2D eigenvalue weighted by Gasteiger charge is 2.32. The van der Waals surface area contributed by atoms with Gasteiger partial charge < -0.3 is 10.4 Å². The zero-order chi connectivity index (χ0) is 15.3. The van der Waals surface area contributed by atoms with Crippen LogP contribution in [0.4, 0.5) is 0 Å². The van der Waals surface area contributed by atoms with Crippen LogP contribution in [0.2, 0.25) is 5.02 Å². The van der Waals surface area contributed by atoms with E-state index in [1.807, 2.05) is 18.2 Å². The first-order valence-corrected chi connectivity index (χ1v) is 8.65. The lowest BCUT2D eigenvalue weighted by atomic mass is 9.77. The first kappa shape index (κ1) is 16.8. The van der Waals surface area contributed by atoms with Crippen molar-refractivity contribution in [3.63, 3.8) is 0 Å². The average Bonchev–Trinajstić information content (AvgIpc) is 2.49. The Kier molecular flexibility index (Phi) is 6.09. The highest BCUT2D eigenvalue weighted by molar-refractivity contribution is 6.30. The van der Waals surface area contributed by atoms with E-state index in [4.69, 9.17) is 11.6 Å². The van der Waals surface area contributed by atoms with E-state index < -0.39 is 5.60 Å². The van der Waals surface area contributed by atoms with Crippen LogP contribution >= 0.6 is 11.6 Å². The van der Waals surface area contributed by atoms with Crippen molar-refractivity contribution >= 4 is 11.6 Å². The Labute approximate surface area is 133 Å². The summed E-state index contributed by atoms with van der Waals surface area (Å²) >= 11 is 6.08. The summed E-state index contributed by atoms with van der Waals surface area (Å²) in [5.74, 6) is 0.806. The third-order valence-corrected chi connectivity index (χ3v) is 5.19. The third-order valence-electron chi connectivity index (χ3n) is 4.95. The maximum atomic E-state index is 10.7. The van der Waals surface area contributed by atoms with E-state index in [0.29, 0.717) is 6.54 Å². The molecule has 0 bridgehead atoms. The Hall–Kier alpha value is -0.570. The molecule has 1 unspecified atom stereocenters. The van der Waals surface area contributed by atoms with Crippen LogP contribution in [-0.2, 0) is 0 Å². The van der Waals surface area contributed by atoms with Crippen LogP contribution in [0, 0.1) is 5.92 Å². The summed E-state index contributed by atoms with van der Waals surface area (Å²) in [5, 5.41) is 15.1. The first-order valence-electron chi connectivity index (χ1n) is 8.27. The van der Waals surface area contributed by atoms with Gasteiger partial charge >= 0.3 is 0 Å². The van der Waals surface area contributed by atoms with Gasteiger partial charge in [-0.15, -0.1) is 0 Å². The topological polar surface area (TPSA) is 32.3 Å². The summed E-state index contributed by atoms with van der Waals surface area (Å²) in [4.78, 5) is 0. The lowest BCUT2D eigenvalue weighted by molar-refractivity contribution is -0.0108. The zero-order valence-electron chi connectivity index (χ0n) is 13.2. The quantitative estimate of drug-likeness (QED) is 0.797. The van der Waals surface area contributed by atoms with Gasteiger partial charge in [-0.3, -0.25) is 0 Å². The van der Waals surface area contributed by atoms with E-state index in [2.05, 4.69) is 25.2 Å². The van der Waals surface area contributed by atoms with Gasteiger partial charge in [0.2, 0.25) is 0 Å². The summed E-state index contributed by atoms with van der Waals surface area (Å²) in [6.07, 6.45) is 6.39. The molecule has 0 saturated heterocycles. The van der Waals surface area contributed by atoms with Gasteiger partial charge in [0.1, 0.15) is 0 Å². The summed E-state index contributed by atoms with van der Waals surface area (Å²) in [6, 6.07) is 8.27. The fourth-order valence-corrected chi connectivity index (χ4v) is 3.53. The van der Waals surface area contributed by atoms with Crippen molar-refractivity contribution in [3.05, 3.63) is 34.9 Å². The Morgan fingerprint density at radius 2 is 2.05 bits per heavy atom. The highest BCUT2D eigenvalue weighted by Crippen LogP contribution is 2.33. The molecular formula is C18H28ClNO. The molecule has 0 amide bonds. The number of hydrogen-bond donors (Lipinski definition) is 2. The van der Waals surface area contributed by atoms with E-state index in [0.717, 1.165) is 43.0 Å². The van der Waals surface area contributed by atoms with E-state index in [9.17, 15) is 5.11 Å². The predicted molar refractivity (Wildman–Crippen MR) is 89.7 cm³/mol. The van der Waals surface area contributed by atoms with Gasteiger partial charge in [0.05, 0.1) is 5.60 Å². The number of rotatable bonds is 6. The van der Waals surface area contributed by atoms with Crippen molar-refractivity contribution in [3.8, 4) is 0 Å². The molecule has 2 N–H and O–H groups in total. The highest BCUT2D eigenvalue weighted by atomic mass is 35.5. The molecule has 21 heavy (non-hydrogen) atoms. The molecule has 0 aromatic heterocycles. The molecule has 0 aliphatic heterocycles. The molecular weight excluding hydrogens is 282 g/mol. The van der Waals surface area contributed by atoms with E-state index in [1.54, 1.807) is 0 Å². The second-order valence-electron chi connectivity index (χ2n) is 6.47. The molecule has 2 rings (SSSR count).